The Morgan fingerprint density at radius 1 is 1.25 bits per heavy atom. The van der Waals surface area contributed by atoms with E-state index in [1.807, 2.05) is 37.3 Å². The number of nitrogens with zero attached hydrogens (tertiary/aromatic N) is 1. The third-order valence-corrected chi connectivity index (χ3v) is 5.79. The number of benzene rings is 1. The van der Waals surface area contributed by atoms with E-state index in [0.29, 0.717) is 19.4 Å². The fourth-order valence-corrected chi connectivity index (χ4v) is 4.11. The van der Waals surface area contributed by atoms with Crippen molar-refractivity contribution in [2.45, 2.75) is 38.3 Å². The number of likely N-dealkylation sites (N-methyl/N-ethyl adjacent to an activating group) is 1. The number of allylic oxidation sites excluding steroid dienone is 1. The Morgan fingerprint density at radius 2 is 2.00 bits per heavy atom. The predicted molar refractivity (Wildman–Crippen MR) is 119 cm³/mol. The van der Waals surface area contributed by atoms with Gasteiger partial charge in [-0.15, -0.1) is 0 Å². The molecule has 176 valence electrons. The third kappa shape index (κ3) is 5.32. The van der Waals surface area contributed by atoms with Crippen LogP contribution in [0.5, 0.6) is 0 Å². The maximum Gasteiger partial charge on any atom is 0.288 e. The average molecular weight is 448 g/mol. The smallest absolute Gasteiger partial charge is 0.288 e. The number of hydrogen-bond donors (Lipinski definition) is 1. The molecule has 0 radical (unpaired) electrons. The summed E-state index contributed by atoms with van der Waals surface area (Å²) in [6, 6.07) is 7.81. The number of amides is 1. The van der Waals surface area contributed by atoms with E-state index in [0.717, 1.165) is 16.5 Å². The zero-order valence-corrected chi connectivity index (χ0v) is 19.2. The highest BCUT2D eigenvalue weighted by molar-refractivity contribution is 5.92. The number of aliphatic hydroxyl groups excluding tert-OH is 1. The van der Waals surface area contributed by atoms with Gasteiger partial charge in [0.2, 0.25) is 6.29 Å². The molecule has 2 heterocycles. The molecule has 0 bridgehead atoms. The maximum absolute atomic E-state index is 13.2. The highest BCUT2D eigenvalue weighted by Gasteiger charge is 2.39. The van der Waals surface area contributed by atoms with Crippen LogP contribution in [-0.2, 0) is 23.7 Å². The molecule has 0 fully saturated rings. The fourth-order valence-electron chi connectivity index (χ4n) is 4.11. The number of methoxy groups -OCH3 is 2. The van der Waals surface area contributed by atoms with Crippen molar-refractivity contribution in [3.05, 3.63) is 47.9 Å². The summed E-state index contributed by atoms with van der Waals surface area (Å²) in [7, 11) is 4.73. The van der Waals surface area contributed by atoms with Crippen LogP contribution in [-0.4, -0.2) is 69.5 Å². The molecule has 8 heteroatoms. The first-order valence-electron chi connectivity index (χ1n) is 10.9. The number of fused-ring (bicyclic) bond motifs is 1. The van der Waals surface area contributed by atoms with Crippen molar-refractivity contribution >= 4 is 16.9 Å². The van der Waals surface area contributed by atoms with Crippen molar-refractivity contribution in [1.29, 1.82) is 0 Å². The molecule has 1 aromatic carbocycles. The highest BCUT2D eigenvalue weighted by atomic mass is 16.7. The summed E-state index contributed by atoms with van der Waals surface area (Å²) < 4.78 is 28.2. The Bertz CT molecular complexity index is 905. The first-order valence-corrected chi connectivity index (χ1v) is 10.9. The minimum absolute atomic E-state index is 0.0713. The molecule has 0 saturated carbocycles. The lowest BCUT2D eigenvalue weighted by atomic mass is 9.80. The van der Waals surface area contributed by atoms with E-state index in [-0.39, 0.29) is 36.7 Å². The van der Waals surface area contributed by atoms with Crippen LogP contribution in [0.4, 0.5) is 0 Å². The number of para-hydroxylation sites is 1. The van der Waals surface area contributed by atoms with Crippen LogP contribution in [0.3, 0.4) is 0 Å². The Labute approximate surface area is 188 Å². The number of furan rings is 1. The van der Waals surface area contributed by atoms with Gasteiger partial charge in [0.15, 0.2) is 12.0 Å². The van der Waals surface area contributed by atoms with E-state index < -0.39 is 12.6 Å². The van der Waals surface area contributed by atoms with E-state index in [1.54, 1.807) is 13.3 Å². The summed E-state index contributed by atoms with van der Waals surface area (Å²) in [6.45, 7) is 2.65. The van der Waals surface area contributed by atoms with Gasteiger partial charge in [-0.05, 0) is 31.9 Å². The van der Waals surface area contributed by atoms with Gasteiger partial charge < -0.3 is 33.4 Å². The summed E-state index contributed by atoms with van der Waals surface area (Å²) in [5.74, 6) is -0.334. The summed E-state index contributed by atoms with van der Waals surface area (Å²) in [4.78, 5) is 14.7. The summed E-state index contributed by atoms with van der Waals surface area (Å²) in [5, 5.41) is 10.4. The second-order valence-electron chi connectivity index (χ2n) is 7.80. The van der Waals surface area contributed by atoms with Crippen molar-refractivity contribution < 1.29 is 33.3 Å². The van der Waals surface area contributed by atoms with Crippen LogP contribution in [0.2, 0.25) is 0 Å². The van der Waals surface area contributed by atoms with Crippen LogP contribution in [0, 0.1) is 5.92 Å². The molecular formula is C24H33NO7. The highest BCUT2D eigenvalue weighted by Crippen LogP contribution is 2.42. The van der Waals surface area contributed by atoms with Gasteiger partial charge in [0.05, 0.1) is 12.8 Å². The fraction of sp³-hybridized carbons (Fsp3) is 0.542. The molecule has 1 aromatic heterocycles. The standard InChI is InChI=1S/C24H33NO7/c1-5-30-24-17(10-8-12-26)18(19-15-31-20-11-7-6-9-16(19)20)13-21(32-24)23(27)25(2)14-22(28-3)29-4/h6-7,9,11,13,15,17-18,22,24,26H,5,8,10,12,14H2,1-4H3/t17-,18-,24?/m0/s1. The van der Waals surface area contributed by atoms with Gasteiger partial charge in [-0.2, -0.15) is 0 Å². The molecule has 1 amide bonds. The van der Waals surface area contributed by atoms with Crippen molar-refractivity contribution in [3.8, 4) is 0 Å². The van der Waals surface area contributed by atoms with Crippen LogP contribution >= 0.6 is 0 Å². The molecule has 2 aromatic rings. The molecule has 0 spiro atoms. The second-order valence-corrected chi connectivity index (χ2v) is 7.80. The van der Waals surface area contributed by atoms with Crippen molar-refractivity contribution in [2.75, 3.05) is 41.0 Å². The first-order chi connectivity index (χ1) is 15.5. The molecule has 1 N–H and O–H groups in total. The van der Waals surface area contributed by atoms with Crippen molar-refractivity contribution in [2.24, 2.45) is 5.92 Å². The zero-order valence-electron chi connectivity index (χ0n) is 19.2. The Morgan fingerprint density at radius 3 is 2.69 bits per heavy atom. The molecule has 1 aliphatic rings. The summed E-state index contributed by atoms with van der Waals surface area (Å²) in [5.41, 5.74) is 1.75. The topological polar surface area (TPSA) is 90.6 Å². The van der Waals surface area contributed by atoms with Gasteiger partial charge in [-0.25, -0.2) is 0 Å². The monoisotopic (exact) mass is 447 g/mol. The third-order valence-electron chi connectivity index (χ3n) is 5.79. The Balaban J connectivity index is 1.99. The molecule has 1 aliphatic heterocycles. The van der Waals surface area contributed by atoms with E-state index in [2.05, 4.69) is 0 Å². The van der Waals surface area contributed by atoms with Gasteiger partial charge in [0.1, 0.15) is 5.58 Å². The maximum atomic E-state index is 13.2. The van der Waals surface area contributed by atoms with Gasteiger partial charge in [-0.3, -0.25) is 4.79 Å². The Hall–Kier alpha value is -2.39. The van der Waals surface area contributed by atoms with Crippen LogP contribution in [0.1, 0.15) is 31.2 Å². The molecule has 8 nitrogen and oxygen atoms in total. The molecule has 3 rings (SSSR count). The SMILES string of the molecule is CCOC1OC(C(=O)N(C)CC(OC)OC)=C[C@H](c2coc3ccccc23)[C@@H]1CCCO. The molecule has 0 saturated heterocycles. The molecule has 0 aliphatic carbocycles. The number of carbonyl (C=O) groups excluding carboxylic acids is 1. The van der Waals surface area contributed by atoms with E-state index in [1.165, 1.54) is 19.1 Å². The minimum Gasteiger partial charge on any atom is -0.464 e. The quantitative estimate of drug-likeness (QED) is 0.529. The molecule has 32 heavy (non-hydrogen) atoms. The summed E-state index contributed by atoms with van der Waals surface area (Å²) >= 11 is 0. The number of carbonyl (C=O) groups is 1. The van der Waals surface area contributed by atoms with Crippen LogP contribution in [0.25, 0.3) is 11.0 Å². The Kier molecular flexibility index (Phi) is 8.69. The van der Waals surface area contributed by atoms with Gasteiger partial charge in [-0.1, -0.05) is 18.2 Å². The lowest BCUT2D eigenvalue weighted by Gasteiger charge is -2.37. The first kappa shape index (κ1) is 24.3. The summed E-state index contributed by atoms with van der Waals surface area (Å²) in [6.07, 6.45) is 3.70. The minimum atomic E-state index is -0.622. The van der Waals surface area contributed by atoms with Gasteiger partial charge in [0, 0.05) is 57.3 Å². The lowest BCUT2D eigenvalue weighted by molar-refractivity contribution is -0.172. The molecular weight excluding hydrogens is 414 g/mol. The lowest BCUT2D eigenvalue weighted by Crippen LogP contribution is -2.41. The van der Waals surface area contributed by atoms with E-state index in [9.17, 15) is 9.90 Å². The van der Waals surface area contributed by atoms with E-state index in [4.69, 9.17) is 23.4 Å². The van der Waals surface area contributed by atoms with Crippen molar-refractivity contribution in [3.63, 3.8) is 0 Å². The zero-order chi connectivity index (χ0) is 23.1. The van der Waals surface area contributed by atoms with Crippen LogP contribution in [0.15, 0.2) is 46.8 Å². The number of hydrogen-bond acceptors (Lipinski definition) is 7. The van der Waals surface area contributed by atoms with Crippen molar-refractivity contribution in [1.82, 2.24) is 4.90 Å². The number of aliphatic hydroxyl groups is 1. The number of rotatable bonds is 11. The normalized spacial score (nSPS) is 20.9. The second kappa shape index (κ2) is 11.5. The average Bonchev–Trinajstić information content (AvgIpc) is 3.24. The van der Waals surface area contributed by atoms with Crippen LogP contribution < -0.4 is 0 Å². The molecule has 1 unspecified atom stereocenters. The van der Waals surface area contributed by atoms with E-state index >= 15 is 0 Å². The number of ether oxygens (including phenoxy) is 4. The largest absolute Gasteiger partial charge is 0.464 e. The molecule has 3 atom stereocenters. The van der Waals surface area contributed by atoms with Gasteiger partial charge in [0.25, 0.3) is 5.91 Å². The predicted octanol–water partition coefficient (Wildman–Crippen LogP) is 3.26. The van der Waals surface area contributed by atoms with Gasteiger partial charge >= 0.3 is 0 Å².